The second-order valence-electron chi connectivity index (χ2n) is 2.05. The zero-order chi connectivity index (χ0) is 9.19. The van der Waals surface area contributed by atoms with Crippen LogP contribution in [0.2, 0.25) is 0 Å². The Hall–Kier alpha value is -0.650. The summed E-state index contributed by atoms with van der Waals surface area (Å²) in [5.74, 6) is 0. The molecule has 70 valence electrons. The standard InChI is InChI=1S/C4H6FO6P/c5-12(7,8)10-2-3-1-9-4(6)11-3/h3H,1-2H2,(H,7,8). The largest absolute Gasteiger partial charge is 0.510 e. The van der Waals surface area contributed by atoms with E-state index < -0.39 is 26.8 Å². The van der Waals surface area contributed by atoms with Crippen LogP contribution in [0, 0.1) is 0 Å². The van der Waals surface area contributed by atoms with E-state index in [0.29, 0.717) is 0 Å². The summed E-state index contributed by atoms with van der Waals surface area (Å²) in [5, 5.41) is 0. The predicted molar refractivity (Wildman–Crippen MR) is 33.1 cm³/mol. The van der Waals surface area contributed by atoms with Crippen molar-refractivity contribution >= 4 is 14.1 Å². The summed E-state index contributed by atoms with van der Waals surface area (Å²) in [5.41, 5.74) is 0. The van der Waals surface area contributed by atoms with Gasteiger partial charge in [-0.3, -0.25) is 9.42 Å². The number of hydrogen-bond donors (Lipinski definition) is 1. The molecule has 1 fully saturated rings. The minimum Gasteiger partial charge on any atom is -0.430 e. The van der Waals surface area contributed by atoms with Gasteiger partial charge in [-0.05, 0) is 0 Å². The lowest BCUT2D eigenvalue weighted by Crippen LogP contribution is -2.16. The molecule has 0 amide bonds. The van der Waals surface area contributed by atoms with Crippen molar-refractivity contribution in [3.63, 3.8) is 0 Å². The Morgan fingerprint density at radius 1 is 1.83 bits per heavy atom. The maximum atomic E-state index is 11.8. The van der Waals surface area contributed by atoms with E-state index in [-0.39, 0.29) is 6.61 Å². The first-order chi connectivity index (χ1) is 5.47. The van der Waals surface area contributed by atoms with Gasteiger partial charge < -0.3 is 9.47 Å². The maximum Gasteiger partial charge on any atom is 0.510 e. The van der Waals surface area contributed by atoms with Crippen LogP contribution in [0.1, 0.15) is 0 Å². The number of cyclic esters (lactones) is 2. The summed E-state index contributed by atoms with van der Waals surface area (Å²) < 4.78 is 34.3. The smallest absolute Gasteiger partial charge is 0.430 e. The molecular weight excluding hydrogens is 194 g/mol. The van der Waals surface area contributed by atoms with Crippen LogP contribution < -0.4 is 0 Å². The lowest BCUT2D eigenvalue weighted by atomic mass is 10.4. The summed E-state index contributed by atoms with van der Waals surface area (Å²) in [4.78, 5) is 18.3. The fraction of sp³-hybridized carbons (Fsp3) is 0.750. The Balaban J connectivity index is 2.25. The van der Waals surface area contributed by atoms with Gasteiger partial charge in [0, 0.05) is 0 Å². The van der Waals surface area contributed by atoms with Crippen molar-refractivity contribution in [3.8, 4) is 0 Å². The van der Waals surface area contributed by atoms with Crippen LogP contribution in [0.25, 0.3) is 0 Å². The molecule has 0 radical (unpaired) electrons. The maximum absolute atomic E-state index is 11.8. The van der Waals surface area contributed by atoms with Gasteiger partial charge in [-0.2, -0.15) is 0 Å². The first kappa shape index (κ1) is 9.44. The van der Waals surface area contributed by atoms with Crippen LogP contribution in [0.15, 0.2) is 0 Å². The highest BCUT2D eigenvalue weighted by molar-refractivity contribution is 7.46. The Morgan fingerprint density at radius 3 is 2.92 bits per heavy atom. The first-order valence-electron chi connectivity index (χ1n) is 2.98. The molecule has 1 rings (SSSR count). The van der Waals surface area contributed by atoms with E-state index in [1.807, 2.05) is 0 Å². The molecular formula is C4H6FO6P. The van der Waals surface area contributed by atoms with Gasteiger partial charge in [0.05, 0.1) is 6.61 Å². The molecule has 0 saturated carbocycles. The van der Waals surface area contributed by atoms with Crippen molar-refractivity contribution in [1.82, 2.24) is 0 Å². The van der Waals surface area contributed by atoms with Gasteiger partial charge in [0.15, 0.2) is 6.10 Å². The minimum atomic E-state index is -4.98. The van der Waals surface area contributed by atoms with Crippen LogP contribution in [-0.4, -0.2) is 30.4 Å². The number of carbonyl (C=O) groups excluding carboxylic acids is 1. The number of ether oxygens (including phenoxy) is 2. The molecule has 8 heteroatoms. The lowest BCUT2D eigenvalue weighted by Gasteiger charge is -2.05. The molecule has 1 aliphatic heterocycles. The molecule has 1 heterocycles. The van der Waals surface area contributed by atoms with Crippen molar-refractivity contribution < 1.29 is 32.4 Å². The first-order valence-corrected chi connectivity index (χ1v) is 4.44. The number of halogens is 1. The van der Waals surface area contributed by atoms with Gasteiger partial charge in [0.2, 0.25) is 0 Å². The summed E-state index contributed by atoms with van der Waals surface area (Å²) in [6, 6.07) is 0. The third-order valence-electron chi connectivity index (χ3n) is 1.07. The third-order valence-corrected chi connectivity index (χ3v) is 1.54. The molecule has 12 heavy (non-hydrogen) atoms. The molecule has 1 saturated heterocycles. The summed E-state index contributed by atoms with van der Waals surface area (Å²) >= 11 is 0. The van der Waals surface area contributed by atoms with Crippen molar-refractivity contribution in [3.05, 3.63) is 0 Å². The van der Waals surface area contributed by atoms with Crippen molar-refractivity contribution in [1.29, 1.82) is 0 Å². The zero-order valence-electron chi connectivity index (χ0n) is 5.81. The minimum absolute atomic E-state index is 0.0984. The van der Waals surface area contributed by atoms with Gasteiger partial charge >= 0.3 is 14.1 Å². The van der Waals surface area contributed by atoms with E-state index >= 15 is 0 Å². The normalized spacial score (nSPS) is 27.5. The number of carbonyl (C=O) groups is 1. The van der Waals surface area contributed by atoms with Gasteiger partial charge in [-0.15, -0.1) is 4.20 Å². The van der Waals surface area contributed by atoms with Crippen LogP contribution in [0.4, 0.5) is 8.99 Å². The van der Waals surface area contributed by atoms with Gasteiger partial charge in [-0.1, -0.05) is 0 Å². The van der Waals surface area contributed by atoms with Crippen LogP contribution in [0.3, 0.4) is 0 Å². The van der Waals surface area contributed by atoms with Crippen LogP contribution in [-0.2, 0) is 18.6 Å². The molecule has 0 aromatic heterocycles. The second kappa shape index (κ2) is 3.38. The van der Waals surface area contributed by atoms with E-state index in [2.05, 4.69) is 14.0 Å². The van der Waals surface area contributed by atoms with Gasteiger partial charge in [0.1, 0.15) is 6.61 Å². The van der Waals surface area contributed by atoms with Gasteiger partial charge in [-0.25, -0.2) is 9.36 Å². The summed E-state index contributed by atoms with van der Waals surface area (Å²) in [6.07, 6.45) is -1.70. The molecule has 0 bridgehead atoms. The van der Waals surface area contributed by atoms with Crippen LogP contribution >= 0.6 is 7.91 Å². The fourth-order valence-corrected chi connectivity index (χ4v) is 0.972. The van der Waals surface area contributed by atoms with E-state index in [0.717, 1.165) is 0 Å². The molecule has 2 unspecified atom stereocenters. The van der Waals surface area contributed by atoms with E-state index in [9.17, 15) is 13.6 Å². The molecule has 1 aliphatic rings. The fourth-order valence-electron chi connectivity index (χ4n) is 0.622. The molecule has 0 aromatic rings. The quantitative estimate of drug-likeness (QED) is 0.530. The number of rotatable bonds is 3. The predicted octanol–water partition coefficient (Wildman–Crippen LogP) is 0.608. The monoisotopic (exact) mass is 200 g/mol. The topological polar surface area (TPSA) is 82.1 Å². The van der Waals surface area contributed by atoms with Crippen molar-refractivity contribution in [2.24, 2.45) is 0 Å². The Kier molecular flexibility index (Phi) is 2.66. The van der Waals surface area contributed by atoms with Crippen molar-refractivity contribution in [2.75, 3.05) is 13.2 Å². The third kappa shape index (κ3) is 3.17. The van der Waals surface area contributed by atoms with Crippen LogP contribution in [0.5, 0.6) is 0 Å². The Bertz CT molecular complexity index is 224. The average Bonchev–Trinajstić information content (AvgIpc) is 2.30. The summed E-state index contributed by atoms with van der Waals surface area (Å²) in [7, 11) is -4.98. The molecule has 2 atom stereocenters. The van der Waals surface area contributed by atoms with Gasteiger partial charge in [0.25, 0.3) is 0 Å². The lowest BCUT2D eigenvalue weighted by molar-refractivity contribution is 0.0899. The van der Waals surface area contributed by atoms with E-state index in [1.165, 1.54) is 0 Å². The van der Waals surface area contributed by atoms with E-state index in [4.69, 9.17) is 4.89 Å². The highest BCUT2D eigenvalue weighted by atomic mass is 31.2. The zero-order valence-corrected chi connectivity index (χ0v) is 6.70. The molecule has 0 aromatic carbocycles. The average molecular weight is 200 g/mol. The molecule has 0 spiro atoms. The summed E-state index contributed by atoms with van der Waals surface area (Å²) in [6.45, 7) is -0.588. The Morgan fingerprint density at radius 2 is 2.50 bits per heavy atom. The highest BCUT2D eigenvalue weighted by Crippen LogP contribution is 2.43. The van der Waals surface area contributed by atoms with E-state index in [1.54, 1.807) is 0 Å². The SMILES string of the molecule is O=C1OCC(COP(=O)(O)F)O1. The van der Waals surface area contributed by atoms with Crippen molar-refractivity contribution in [2.45, 2.75) is 6.10 Å². The highest BCUT2D eigenvalue weighted by Gasteiger charge is 2.28. The molecule has 6 nitrogen and oxygen atoms in total. The molecule has 0 aliphatic carbocycles. The molecule has 1 N–H and O–H groups in total. The number of hydrogen-bond acceptors (Lipinski definition) is 5. The second-order valence-corrected chi connectivity index (χ2v) is 3.21. The Labute approximate surface area is 66.9 Å².